The lowest BCUT2D eigenvalue weighted by molar-refractivity contribution is -0.145. The number of ether oxygens (including phenoxy) is 1. The minimum Gasteiger partial charge on any atom is -0.481 e. The summed E-state index contributed by atoms with van der Waals surface area (Å²) in [5.41, 5.74) is 0. The lowest BCUT2D eigenvalue weighted by Crippen LogP contribution is -2.38. The van der Waals surface area contributed by atoms with Gasteiger partial charge >= 0.3 is 5.97 Å². The average molecular weight is 228 g/mol. The molecule has 1 aliphatic rings. The highest BCUT2D eigenvalue weighted by Gasteiger charge is 2.33. The van der Waals surface area contributed by atoms with Crippen LogP contribution in [0.15, 0.2) is 0 Å². The molecule has 1 fully saturated rings. The van der Waals surface area contributed by atoms with Crippen molar-refractivity contribution in [2.45, 2.75) is 45.6 Å². The van der Waals surface area contributed by atoms with E-state index in [2.05, 4.69) is 0 Å². The zero-order valence-corrected chi connectivity index (χ0v) is 9.94. The van der Waals surface area contributed by atoms with Gasteiger partial charge in [-0.25, -0.2) is 0 Å². The van der Waals surface area contributed by atoms with Gasteiger partial charge in [-0.05, 0) is 18.8 Å². The van der Waals surface area contributed by atoms with Crippen molar-refractivity contribution in [3.8, 4) is 0 Å². The Morgan fingerprint density at radius 3 is 2.81 bits per heavy atom. The summed E-state index contributed by atoms with van der Waals surface area (Å²) in [6.45, 7) is 4.55. The average Bonchev–Trinajstić information content (AvgIpc) is 2.15. The molecule has 0 aromatic heterocycles. The van der Waals surface area contributed by atoms with E-state index in [1.54, 1.807) is 0 Å². The second-order valence-electron chi connectivity index (χ2n) is 4.86. The topological polar surface area (TPSA) is 63.6 Å². The molecule has 0 heterocycles. The largest absolute Gasteiger partial charge is 0.481 e. The molecule has 0 saturated heterocycles. The van der Waals surface area contributed by atoms with Crippen molar-refractivity contribution in [2.24, 2.45) is 11.8 Å². The minimum atomic E-state index is -0.849. The van der Waals surface area contributed by atoms with Crippen molar-refractivity contribution in [3.63, 3.8) is 0 Å². The minimum absolute atomic E-state index is 0.0362. The monoisotopic (exact) mass is 228 g/mol. The van der Waals surface area contributed by atoms with Crippen molar-refractivity contribution in [3.05, 3.63) is 0 Å². The predicted octanol–water partition coefficient (Wildman–Crippen LogP) is 1.87. The van der Waals surface area contributed by atoms with E-state index >= 15 is 0 Å². The first-order valence-electron chi connectivity index (χ1n) is 5.86. The van der Waals surface area contributed by atoms with Gasteiger partial charge in [0, 0.05) is 18.9 Å². The normalized spacial score (nSPS) is 26.1. The first-order chi connectivity index (χ1) is 7.50. The predicted molar refractivity (Wildman–Crippen MR) is 59.2 cm³/mol. The Labute approximate surface area is 96.0 Å². The van der Waals surface area contributed by atoms with Gasteiger partial charge in [-0.2, -0.15) is 0 Å². The molecular formula is C12H20O4. The van der Waals surface area contributed by atoms with Crippen LogP contribution in [0, 0.1) is 11.8 Å². The van der Waals surface area contributed by atoms with Crippen LogP contribution in [-0.2, 0) is 14.3 Å². The molecule has 92 valence electrons. The van der Waals surface area contributed by atoms with Gasteiger partial charge in [-0.15, -0.1) is 0 Å². The summed E-state index contributed by atoms with van der Waals surface area (Å²) < 4.78 is 5.56. The molecule has 1 saturated carbocycles. The number of aliphatic carboxylic acids is 1. The number of rotatable bonds is 5. The summed E-state index contributed by atoms with van der Waals surface area (Å²) in [4.78, 5) is 22.4. The van der Waals surface area contributed by atoms with Crippen molar-refractivity contribution < 1.29 is 19.4 Å². The highest BCUT2D eigenvalue weighted by molar-refractivity contribution is 5.84. The van der Waals surface area contributed by atoms with E-state index in [9.17, 15) is 9.59 Å². The molecule has 1 rings (SSSR count). The molecule has 1 N–H and O–H groups in total. The molecule has 1 aliphatic carbocycles. The summed E-state index contributed by atoms with van der Waals surface area (Å²) in [5.74, 6) is -0.561. The van der Waals surface area contributed by atoms with E-state index in [0.717, 1.165) is 12.8 Å². The van der Waals surface area contributed by atoms with Crippen LogP contribution in [0.1, 0.15) is 39.5 Å². The molecule has 4 nitrogen and oxygen atoms in total. The standard InChI is InChI=1S/C12H20O4/c1-8(2)7-16-12-9(6-11(14)15)4-3-5-10(12)13/h8-9,12H,3-7H2,1-2H3,(H,14,15)/t9-,12+/m0/s1. The van der Waals surface area contributed by atoms with Gasteiger partial charge in [-0.1, -0.05) is 13.8 Å². The molecule has 0 spiro atoms. The van der Waals surface area contributed by atoms with E-state index in [0.29, 0.717) is 18.9 Å². The molecule has 0 radical (unpaired) electrons. The SMILES string of the molecule is CC(C)CO[C@H]1C(=O)CCC[C@H]1CC(=O)O. The molecule has 0 aromatic rings. The zero-order valence-electron chi connectivity index (χ0n) is 9.94. The Kier molecular flexibility index (Phi) is 4.93. The number of carboxylic acid groups (broad SMARTS) is 1. The molecule has 0 aliphatic heterocycles. The number of carboxylic acids is 1. The molecule has 16 heavy (non-hydrogen) atoms. The highest BCUT2D eigenvalue weighted by Crippen LogP contribution is 2.27. The van der Waals surface area contributed by atoms with Gasteiger partial charge in [0.15, 0.2) is 5.78 Å². The third-order valence-corrected chi connectivity index (χ3v) is 2.79. The number of carbonyl (C=O) groups excluding carboxylic acids is 1. The van der Waals surface area contributed by atoms with Crippen molar-refractivity contribution in [2.75, 3.05) is 6.61 Å². The fraction of sp³-hybridized carbons (Fsp3) is 0.833. The van der Waals surface area contributed by atoms with Crippen molar-refractivity contribution in [1.82, 2.24) is 0 Å². The Morgan fingerprint density at radius 2 is 2.25 bits per heavy atom. The van der Waals surface area contributed by atoms with E-state index in [-0.39, 0.29) is 18.1 Å². The fourth-order valence-electron chi connectivity index (χ4n) is 2.05. The summed E-state index contributed by atoms with van der Waals surface area (Å²) in [6.07, 6.45) is 1.64. The van der Waals surface area contributed by atoms with Crippen molar-refractivity contribution in [1.29, 1.82) is 0 Å². The summed E-state index contributed by atoms with van der Waals surface area (Å²) in [7, 11) is 0. The number of hydrogen-bond donors (Lipinski definition) is 1. The van der Waals surface area contributed by atoms with Crippen LogP contribution in [0.25, 0.3) is 0 Å². The molecule has 2 atom stereocenters. The maximum Gasteiger partial charge on any atom is 0.303 e. The van der Waals surface area contributed by atoms with Crippen LogP contribution < -0.4 is 0 Å². The number of carbonyl (C=O) groups is 2. The molecule has 0 unspecified atom stereocenters. The number of hydrogen-bond acceptors (Lipinski definition) is 3. The maximum atomic E-state index is 11.7. The van der Waals surface area contributed by atoms with Crippen LogP contribution in [0.4, 0.5) is 0 Å². The maximum absolute atomic E-state index is 11.7. The third kappa shape index (κ3) is 3.93. The summed E-state index contributed by atoms with van der Waals surface area (Å²) in [6, 6.07) is 0. The number of Topliss-reactive ketones (excluding diaryl/α,β-unsaturated/α-hetero) is 1. The van der Waals surface area contributed by atoms with E-state index in [4.69, 9.17) is 9.84 Å². The second kappa shape index (κ2) is 5.99. The number of ketones is 1. The quantitative estimate of drug-likeness (QED) is 0.780. The van der Waals surface area contributed by atoms with Crippen LogP contribution in [0.5, 0.6) is 0 Å². The Morgan fingerprint density at radius 1 is 1.56 bits per heavy atom. The first-order valence-corrected chi connectivity index (χ1v) is 5.86. The lowest BCUT2D eigenvalue weighted by Gasteiger charge is -2.29. The molecule has 0 amide bonds. The van der Waals surface area contributed by atoms with Crippen molar-refractivity contribution >= 4 is 11.8 Å². The first kappa shape index (κ1) is 13.2. The van der Waals surface area contributed by atoms with Crippen LogP contribution in [-0.4, -0.2) is 29.6 Å². The Bertz CT molecular complexity index is 260. The van der Waals surface area contributed by atoms with Gasteiger partial charge in [0.2, 0.25) is 0 Å². The highest BCUT2D eigenvalue weighted by atomic mass is 16.5. The van der Waals surface area contributed by atoms with Crippen LogP contribution in [0.3, 0.4) is 0 Å². The van der Waals surface area contributed by atoms with Gasteiger partial charge in [0.1, 0.15) is 6.10 Å². The fourth-order valence-corrected chi connectivity index (χ4v) is 2.05. The van der Waals surface area contributed by atoms with Gasteiger partial charge in [0.25, 0.3) is 0 Å². The molecule has 0 bridgehead atoms. The summed E-state index contributed by atoms with van der Waals surface area (Å²) >= 11 is 0. The van der Waals surface area contributed by atoms with Gasteiger partial charge in [0.05, 0.1) is 6.42 Å². The Hall–Kier alpha value is -0.900. The molecule has 0 aromatic carbocycles. The van der Waals surface area contributed by atoms with E-state index in [1.165, 1.54) is 0 Å². The van der Waals surface area contributed by atoms with Crippen LogP contribution >= 0.6 is 0 Å². The second-order valence-corrected chi connectivity index (χ2v) is 4.86. The molecular weight excluding hydrogens is 208 g/mol. The Balaban J connectivity index is 2.56. The zero-order chi connectivity index (χ0) is 12.1. The van der Waals surface area contributed by atoms with E-state index in [1.807, 2.05) is 13.8 Å². The summed E-state index contributed by atoms with van der Waals surface area (Å²) in [5, 5.41) is 8.78. The van der Waals surface area contributed by atoms with E-state index < -0.39 is 12.1 Å². The van der Waals surface area contributed by atoms with Gasteiger partial charge in [-0.3, -0.25) is 9.59 Å². The molecule has 4 heteroatoms. The van der Waals surface area contributed by atoms with Crippen LogP contribution in [0.2, 0.25) is 0 Å². The smallest absolute Gasteiger partial charge is 0.303 e. The van der Waals surface area contributed by atoms with Gasteiger partial charge < -0.3 is 9.84 Å². The lowest BCUT2D eigenvalue weighted by atomic mass is 9.83. The third-order valence-electron chi connectivity index (χ3n) is 2.79.